The van der Waals surface area contributed by atoms with E-state index in [0.29, 0.717) is 25.9 Å². The lowest BCUT2D eigenvalue weighted by Gasteiger charge is -2.22. The Hall–Kier alpha value is -1.66. The van der Waals surface area contributed by atoms with E-state index in [1.54, 1.807) is 0 Å². The van der Waals surface area contributed by atoms with Gasteiger partial charge in [-0.3, -0.25) is 9.59 Å². The van der Waals surface area contributed by atoms with E-state index in [9.17, 15) is 19.8 Å². The highest BCUT2D eigenvalue weighted by atomic mass is 16.5. The number of esters is 1. The normalized spacial score (nSPS) is 12.9. The largest absolute Gasteiger partial charge is 0.466 e. The molecule has 0 bridgehead atoms. The van der Waals surface area contributed by atoms with Crippen LogP contribution in [0.2, 0.25) is 0 Å². The van der Waals surface area contributed by atoms with Crippen LogP contribution in [0.15, 0.2) is 24.3 Å². The van der Waals surface area contributed by atoms with Gasteiger partial charge >= 0.3 is 5.97 Å². The highest BCUT2D eigenvalue weighted by Crippen LogP contribution is 2.14. The second-order valence-corrected chi connectivity index (χ2v) is 15.4. The molecule has 0 aliphatic heterocycles. The molecule has 3 N–H and O–H groups in total. The molecule has 0 aromatic heterocycles. The first-order valence-corrected chi connectivity index (χ1v) is 22.6. The molecule has 0 heterocycles. The van der Waals surface area contributed by atoms with Crippen LogP contribution in [0.5, 0.6) is 0 Å². The van der Waals surface area contributed by atoms with Crippen LogP contribution >= 0.6 is 0 Å². The zero-order chi connectivity index (χ0) is 38.0. The monoisotopic (exact) mass is 734 g/mol. The van der Waals surface area contributed by atoms with Gasteiger partial charge in [0.15, 0.2) is 0 Å². The average Bonchev–Trinajstić information content (AvgIpc) is 3.14. The number of carbonyl (C=O) groups is 2. The van der Waals surface area contributed by atoms with Gasteiger partial charge in [-0.15, -0.1) is 0 Å². The fourth-order valence-corrected chi connectivity index (χ4v) is 6.69. The van der Waals surface area contributed by atoms with E-state index in [-0.39, 0.29) is 18.5 Å². The van der Waals surface area contributed by atoms with Crippen LogP contribution in [-0.2, 0) is 14.3 Å². The molecule has 6 nitrogen and oxygen atoms in total. The SMILES string of the molecule is CCCCCCCCC/C=C\CCCCCCCC(=O)OCCCCCC/C=C\CCCC(=O)NC(CO)C(O)CCCCCCCCCCCC. The van der Waals surface area contributed by atoms with E-state index >= 15 is 0 Å². The molecule has 6 heteroatoms. The summed E-state index contributed by atoms with van der Waals surface area (Å²) < 4.78 is 5.42. The van der Waals surface area contributed by atoms with Gasteiger partial charge in [-0.25, -0.2) is 0 Å². The lowest BCUT2D eigenvalue weighted by atomic mass is 10.0. The first-order chi connectivity index (χ1) is 25.5. The van der Waals surface area contributed by atoms with Crippen LogP contribution < -0.4 is 5.32 Å². The van der Waals surface area contributed by atoms with E-state index in [2.05, 4.69) is 43.5 Å². The highest BCUT2D eigenvalue weighted by Gasteiger charge is 2.19. The minimum absolute atomic E-state index is 0.0442. The standard InChI is InChI=1S/C46H87NO5/c1-3-5-7-9-11-13-15-16-17-18-19-20-24-28-32-36-40-46(51)52-41-37-33-29-25-21-23-27-31-35-39-45(50)47-43(42-48)44(49)38-34-30-26-22-14-12-10-8-6-4-2/h17-18,23,27,43-44,48-49H,3-16,19-22,24-26,28-42H2,1-2H3,(H,47,50)/b18-17-,27-23-. The Kier molecular flexibility index (Phi) is 40.7. The second kappa shape index (κ2) is 42.1. The van der Waals surface area contributed by atoms with Gasteiger partial charge in [-0.2, -0.15) is 0 Å². The topological polar surface area (TPSA) is 95.9 Å². The number of hydrogen-bond acceptors (Lipinski definition) is 5. The number of aliphatic hydroxyl groups excluding tert-OH is 2. The smallest absolute Gasteiger partial charge is 0.305 e. The third-order valence-corrected chi connectivity index (χ3v) is 10.2. The number of carbonyl (C=O) groups excluding carboxylic acids is 2. The molecular weight excluding hydrogens is 647 g/mol. The summed E-state index contributed by atoms with van der Waals surface area (Å²) >= 11 is 0. The van der Waals surface area contributed by atoms with Crippen molar-refractivity contribution in [3.63, 3.8) is 0 Å². The van der Waals surface area contributed by atoms with Crippen molar-refractivity contribution in [2.75, 3.05) is 13.2 Å². The number of hydrogen-bond donors (Lipinski definition) is 3. The molecule has 0 saturated heterocycles. The fraction of sp³-hybridized carbons (Fsp3) is 0.870. The summed E-state index contributed by atoms with van der Waals surface area (Å²) in [4.78, 5) is 24.3. The second-order valence-electron chi connectivity index (χ2n) is 15.4. The minimum Gasteiger partial charge on any atom is -0.466 e. The van der Waals surface area contributed by atoms with E-state index in [4.69, 9.17) is 4.74 Å². The van der Waals surface area contributed by atoms with Crippen molar-refractivity contribution >= 4 is 11.9 Å². The van der Waals surface area contributed by atoms with Crippen LogP contribution in [0.1, 0.15) is 232 Å². The molecule has 0 spiro atoms. The number of allylic oxidation sites excluding steroid dienone is 4. The minimum atomic E-state index is -0.693. The predicted octanol–water partition coefficient (Wildman–Crippen LogP) is 12.8. The Morgan fingerprint density at radius 2 is 0.923 bits per heavy atom. The molecular formula is C46H87NO5. The van der Waals surface area contributed by atoms with Gasteiger partial charge < -0.3 is 20.3 Å². The number of amides is 1. The summed E-state index contributed by atoms with van der Waals surface area (Å²) in [5.74, 6) is -0.143. The fourth-order valence-electron chi connectivity index (χ4n) is 6.69. The maximum Gasteiger partial charge on any atom is 0.305 e. The van der Waals surface area contributed by atoms with E-state index < -0.39 is 12.1 Å². The number of rotatable bonds is 41. The summed E-state index contributed by atoms with van der Waals surface area (Å²) in [5.41, 5.74) is 0. The highest BCUT2D eigenvalue weighted by molar-refractivity contribution is 5.76. The number of ether oxygens (including phenoxy) is 1. The molecule has 2 atom stereocenters. The molecule has 52 heavy (non-hydrogen) atoms. The number of nitrogens with one attached hydrogen (secondary N) is 1. The Morgan fingerprint density at radius 1 is 0.519 bits per heavy atom. The van der Waals surface area contributed by atoms with Crippen LogP contribution in [-0.4, -0.2) is 47.4 Å². The van der Waals surface area contributed by atoms with Crippen molar-refractivity contribution in [3.8, 4) is 0 Å². The zero-order valence-electron chi connectivity index (χ0n) is 34.5. The number of unbranched alkanes of at least 4 members (excludes halogenated alkanes) is 26. The van der Waals surface area contributed by atoms with Gasteiger partial charge in [0, 0.05) is 12.8 Å². The molecule has 0 saturated carbocycles. The van der Waals surface area contributed by atoms with Crippen molar-refractivity contribution in [2.24, 2.45) is 0 Å². The molecule has 0 aromatic rings. The predicted molar refractivity (Wildman–Crippen MR) is 223 cm³/mol. The Labute approximate surface area is 322 Å². The molecule has 0 aliphatic carbocycles. The molecule has 0 aliphatic rings. The number of aliphatic hydroxyl groups is 2. The molecule has 306 valence electrons. The molecule has 1 amide bonds. The van der Waals surface area contributed by atoms with Gasteiger partial charge in [0.2, 0.25) is 5.91 Å². The lowest BCUT2D eigenvalue weighted by Crippen LogP contribution is -2.45. The summed E-state index contributed by atoms with van der Waals surface area (Å²) in [6, 6.07) is -0.577. The van der Waals surface area contributed by atoms with Crippen molar-refractivity contribution in [1.29, 1.82) is 0 Å². The summed E-state index contributed by atoms with van der Waals surface area (Å²) in [6.07, 6.45) is 47.1. The summed E-state index contributed by atoms with van der Waals surface area (Å²) in [5, 5.41) is 23.0. The third kappa shape index (κ3) is 38.1. The third-order valence-electron chi connectivity index (χ3n) is 10.2. The molecule has 2 unspecified atom stereocenters. The van der Waals surface area contributed by atoms with Crippen molar-refractivity contribution in [1.82, 2.24) is 5.32 Å². The van der Waals surface area contributed by atoms with Crippen molar-refractivity contribution in [3.05, 3.63) is 24.3 Å². The van der Waals surface area contributed by atoms with Gasteiger partial charge in [0.1, 0.15) is 0 Å². The maximum absolute atomic E-state index is 12.3. The first kappa shape index (κ1) is 50.3. The van der Waals surface area contributed by atoms with Crippen LogP contribution in [0, 0.1) is 0 Å². The van der Waals surface area contributed by atoms with Crippen LogP contribution in [0.4, 0.5) is 0 Å². The maximum atomic E-state index is 12.3. The van der Waals surface area contributed by atoms with Crippen LogP contribution in [0.25, 0.3) is 0 Å². The molecule has 0 radical (unpaired) electrons. The van der Waals surface area contributed by atoms with E-state index in [1.807, 2.05) is 0 Å². The lowest BCUT2D eigenvalue weighted by molar-refractivity contribution is -0.143. The Bertz CT molecular complexity index is 813. The average molecular weight is 734 g/mol. The van der Waals surface area contributed by atoms with Gasteiger partial charge in [-0.1, -0.05) is 173 Å². The molecule has 0 fully saturated rings. The molecule has 0 rings (SSSR count). The quantitative estimate of drug-likeness (QED) is 0.0330. The first-order valence-electron chi connectivity index (χ1n) is 22.6. The van der Waals surface area contributed by atoms with E-state index in [1.165, 1.54) is 128 Å². The van der Waals surface area contributed by atoms with Crippen molar-refractivity contribution < 1.29 is 24.5 Å². The zero-order valence-corrected chi connectivity index (χ0v) is 34.5. The van der Waals surface area contributed by atoms with Crippen molar-refractivity contribution in [2.45, 2.75) is 244 Å². The molecule has 0 aromatic carbocycles. The van der Waals surface area contributed by atoms with Crippen LogP contribution in [0.3, 0.4) is 0 Å². The van der Waals surface area contributed by atoms with Gasteiger partial charge in [0.25, 0.3) is 0 Å². The summed E-state index contributed by atoms with van der Waals surface area (Å²) in [6.45, 7) is 4.82. The van der Waals surface area contributed by atoms with Gasteiger partial charge in [-0.05, 0) is 70.6 Å². The Balaban J connectivity index is 3.54. The van der Waals surface area contributed by atoms with E-state index in [0.717, 1.165) is 70.6 Å². The Morgan fingerprint density at radius 3 is 1.40 bits per heavy atom. The van der Waals surface area contributed by atoms with Gasteiger partial charge in [0.05, 0.1) is 25.4 Å². The summed E-state index contributed by atoms with van der Waals surface area (Å²) in [7, 11) is 0.